The number of hydrogen-bond acceptors (Lipinski definition) is 6. The Labute approximate surface area is 156 Å². The molecule has 0 spiro atoms. The van der Waals surface area contributed by atoms with Gasteiger partial charge in [-0.2, -0.15) is 0 Å². The number of para-hydroxylation sites is 1. The molecule has 0 atom stereocenters. The zero-order valence-electron chi connectivity index (χ0n) is 15.0. The lowest BCUT2D eigenvalue weighted by molar-refractivity contribution is -0.117. The van der Waals surface area contributed by atoms with Gasteiger partial charge in [0.15, 0.2) is 0 Å². The van der Waals surface area contributed by atoms with Crippen LogP contribution in [0.3, 0.4) is 0 Å². The molecule has 1 heterocycles. The summed E-state index contributed by atoms with van der Waals surface area (Å²) in [5.41, 5.74) is 1.58. The number of hydrogen-bond donors (Lipinski definition) is 1. The van der Waals surface area contributed by atoms with Gasteiger partial charge < -0.3 is 14.8 Å². The van der Waals surface area contributed by atoms with Crippen LogP contribution in [0.25, 0.3) is 10.2 Å². The molecular weight excluding hydrogens is 350 g/mol. The molecule has 0 fully saturated rings. The Balaban J connectivity index is 1.62. The lowest BCUT2D eigenvalue weighted by Gasteiger charge is -2.16. The third-order valence-corrected chi connectivity index (χ3v) is 4.86. The van der Waals surface area contributed by atoms with E-state index >= 15 is 0 Å². The molecule has 6 nitrogen and oxygen atoms in total. The third-order valence-electron chi connectivity index (χ3n) is 3.84. The van der Waals surface area contributed by atoms with E-state index in [2.05, 4.69) is 16.4 Å². The van der Waals surface area contributed by atoms with Gasteiger partial charge in [0.1, 0.15) is 16.5 Å². The van der Waals surface area contributed by atoms with Crippen LogP contribution in [0.2, 0.25) is 0 Å². The molecule has 0 saturated carbocycles. The standard InChI is InChI=1S/C19H21N3O3S/c1-22(12-19-21-14-6-4-5-7-17(14)26-19)11-18(23)20-15-10-13(24-2)8-9-16(15)25-3/h4-10H,11-12H2,1-3H3,(H,20,23). The monoisotopic (exact) mass is 371 g/mol. The van der Waals surface area contributed by atoms with Crippen molar-refractivity contribution in [3.05, 3.63) is 47.5 Å². The molecule has 0 aliphatic carbocycles. The number of carbonyl (C=O) groups excluding carboxylic acids is 1. The quantitative estimate of drug-likeness (QED) is 0.690. The average molecular weight is 371 g/mol. The maximum atomic E-state index is 12.4. The van der Waals surface area contributed by atoms with Crippen molar-refractivity contribution in [2.45, 2.75) is 6.54 Å². The Morgan fingerprint density at radius 3 is 2.73 bits per heavy atom. The second kappa shape index (κ2) is 8.16. The first-order valence-electron chi connectivity index (χ1n) is 8.14. The van der Waals surface area contributed by atoms with Crippen molar-refractivity contribution in [3.63, 3.8) is 0 Å². The number of nitrogens with one attached hydrogen (secondary N) is 1. The van der Waals surface area contributed by atoms with Gasteiger partial charge in [0.2, 0.25) is 5.91 Å². The summed E-state index contributed by atoms with van der Waals surface area (Å²) in [6.07, 6.45) is 0. The summed E-state index contributed by atoms with van der Waals surface area (Å²) in [4.78, 5) is 18.9. The molecule has 3 aromatic rings. The van der Waals surface area contributed by atoms with Gasteiger partial charge in [0, 0.05) is 6.07 Å². The molecule has 0 bridgehead atoms. The second-order valence-corrected chi connectivity index (χ2v) is 6.98. The van der Waals surface area contributed by atoms with Gasteiger partial charge in [0.25, 0.3) is 0 Å². The highest BCUT2D eigenvalue weighted by atomic mass is 32.1. The van der Waals surface area contributed by atoms with Crippen molar-refractivity contribution in [2.24, 2.45) is 0 Å². The maximum Gasteiger partial charge on any atom is 0.238 e. The molecule has 2 aromatic carbocycles. The molecule has 0 aliphatic heterocycles. The van der Waals surface area contributed by atoms with Crippen molar-refractivity contribution < 1.29 is 14.3 Å². The molecule has 136 valence electrons. The molecule has 0 radical (unpaired) electrons. The number of carbonyl (C=O) groups is 1. The van der Waals surface area contributed by atoms with E-state index in [9.17, 15) is 4.79 Å². The largest absolute Gasteiger partial charge is 0.497 e. The van der Waals surface area contributed by atoms with Crippen LogP contribution in [0.4, 0.5) is 5.69 Å². The zero-order chi connectivity index (χ0) is 18.5. The van der Waals surface area contributed by atoms with Crippen LogP contribution in [0.1, 0.15) is 5.01 Å². The third kappa shape index (κ3) is 4.30. The Bertz CT molecular complexity index is 877. The topological polar surface area (TPSA) is 63.7 Å². The lowest BCUT2D eigenvalue weighted by Crippen LogP contribution is -2.29. The molecule has 0 unspecified atom stereocenters. The van der Waals surface area contributed by atoms with E-state index in [0.29, 0.717) is 23.7 Å². The minimum atomic E-state index is -0.125. The van der Waals surface area contributed by atoms with Crippen molar-refractivity contribution in [1.29, 1.82) is 0 Å². The SMILES string of the molecule is COc1ccc(OC)c(NC(=O)CN(C)Cc2nc3ccccc3s2)c1. The van der Waals surface area contributed by atoms with Crippen LogP contribution >= 0.6 is 11.3 Å². The first-order valence-corrected chi connectivity index (χ1v) is 8.95. The summed E-state index contributed by atoms with van der Waals surface area (Å²) in [5, 5.41) is 3.86. The number of benzene rings is 2. The molecule has 1 N–H and O–H groups in total. The molecule has 1 amide bonds. The van der Waals surface area contributed by atoms with Crippen LogP contribution in [-0.2, 0) is 11.3 Å². The van der Waals surface area contributed by atoms with Crippen LogP contribution in [0, 0.1) is 0 Å². The predicted octanol–water partition coefficient (Wildman–Crippen LogP) is 3.38. The fraction of sp³-hybridized carbons (Fsp3) is 0.263. The van der Waals surface area contributed by atoms with E-state index in [1.807, 2.05) is 30.1 Å². The number of aromatic nitrogens is 1. The fourth-order valence-corrected chi connectivity index (χ4v) is 3.67. The Morgan fingerprint density at radius 1 is 1.19 bits per heavy atom. The molecule has 0 saturated heterocycles. The van der Waals surface area contributed by atoms with Crippen LogP contribution in [0.15, 0.2) is 42.5 Å². The highest BCUT2D eigenvalue weighted by Gasteiger charge is 2.13. The number of nitrogens with zero attached hydrogens (tertiary/aromatic N) is 2. The summed E-state index contributed by atoms with van der Waals surface area (Å²) < 4.78 is 11.6. The minimum Gasteiger partial charge on any atom is -0.497 e. The highest BCUT2D eigenvalue weighted by Crippen LogP contribution is 2.29. The number of ether oxygens (including phenoxy) is 2. The highest BCUT2D eigenvalue weighted by molar-refractivity contribution is 7.18. The van der Waals surface area contributed by atoms with E-state index in [0.717, 1.165) is 15.2 Å². The number of fused-ring (bicyclic) bond motifs is 1. The number of anilines is 1. The van der Waals surface area contributed by atoms with Crippen molar-refractivity contribution in [3.8, 4) is 11.5 Å². The van der Waals surface area contributed by atoms with Crippen LogP contribution in [0.5, 0.6) is 11.5 Å². The minimum absolute atomic E-state index is 0.125. The van der Waals surface area contributed by atoms with Crippen molar-refractivity contribution in [1.82, 2.24) is 9.88 Å². The Morgan fingerprint density at radius 2 is 2.00 bits per heavy atom. The van der Waals surface area contributed by atoms with Gasteiger partial charge in [-0.05, 0) is 31.3 Å². The van der Waals surface area contributed by atoms with Crippen LogP contribution < -0.4 is 14.8 Å². The van der Waals surface area contributed by atoms with E-state index in [-0.39, 0.29) is 12.5 Å². The summed E-state index contributed by atoms with van der Waals surface area (Å²) in [6.45, 7) is 0.859. The first kappa shape index (κ1) is 18.2. The molecule has 1 aromatic heterocycles. The average Bonchev–Trinajstić information content (AvgIpc) is 3.03. The smallest absolute Gasteiger partial charge is 0.238 e. The van der Waals surface area contributed by atoms with Gasteiger partial charge >= 0.3 is 0 Å². The van der Waals surface area contributed by atoms with Gasteiger partial charge in [-0.15, -0.1) is 11.3 Å². The van der Waals surface area contributed by atoms with Crippen LogP contribution in [-0.4, -0.2) is 43.6 Å². The fourth-order valence-electron chi connectivity index (χ4n) is 2.62. The van der Waals surface area contributed by atoms with E-state index in [4.69, 9.17) is 9.47 Å². The summed E-state index contributed by atoms with van der Waals surface area (Å²) in [5.74, 6) is 1.12. The van der Waals surface area contributed by atoms with Gasteiger partial charge in [-0.25, -0.2) is 4.98 Å². The summed E-state index contributed by atoms with van der Waals surface area (Å²) in [6, 6.07) is 13.3. The number of amides is 1. The summed E-state index contributed by atoms with van der Waals surface area (Å²) in [7, 11) is 5.05. The normalized spacial score (nSPS) is 10.9. The Hall–Kier alpha value is -2.64. The number of rotatable bonds is 7. The zero-order valence-corrected chi connectivity index (χ0v) is 15.8. The van der Waals surface area contributed by atoms with E-state index < -0.39 is 0 Å². The van der Waals surface area contributed by atoms with Crippen molar-refractivity contribution >= 4 is 33.1 Å². The van der Waals surface area contributed by atoms with E-state index in [1.165, 1.54) is 0 Å². The molecule has 3 rings (SSSR count). The molecular formula is C19H21N3O3S. The number of thiazole rings is 1. The lowest BCUT2D eigenvalue weighted by atomic mass is 10.2. The maximum absolute atomic E-state index is 12.4. The predicted molar refractivity (Wildman–Crippen MR) is 104 cm³/mol. The van der Waals surface area contributed by atoms with Gasteiger partial charge in [-0.3, -0.25) is 9.69 Å². The molecule has 7 heteroatoms. The Kier molecular flexibility index (Phi) is 5.70. The molecule has 0 aliphatic rings. The van der Waals surface area contributed by atoms with Gasteiger partial charge in [0.05, 0.1) is 43.2 Å². The van der Waals surface area contributed by atoms with Gasteiger partial charge in [-0.1, -0.05) is 12.1 Å². The number of likely N-dealkylation sites (N-methyl/N-ethyl adjacent to an activating group) is 1. The summed E-state index contributed by atoms with van der Waals surface area (Å²) >= 11 is 1.65. The molecule has 26 heavy (non-hydrogen) atoms. The second-order valence-electron chi connectivity index (χ2n) is 5.86. The number of methoxy groups -OCH3 is 2. The first-order chi connectivity index (χ1) is 12.6. The van der Waals surface area contributed by atoms with E-state index in [1.54, 1.807) is 43.8 Å². The van der Waals surface area contributed by atoms with Crippen molar-refractivity contribution in [2.75, 3.05) is 33.1 Å².